The summed E-state index contributed by atoms with van der Waals surface area (Å²) < 4.78 is 13.3. The Bertz CT molecular complexity index is 564. The van der Waals surface area contributed by atoms with Crippen LogP contribution in [0.3, 0.4) is 0 Å². The molecule has 0 atom stereocenters. The van der Waals surface area contributed by atoms with Gasteiger partial charge in [-0.2, -0.15) is 4.98 Å². The summed E-state index contributed by atoms with van der Waals surface area (Å²) in [5.41, 5.74) is 0. The monoisotopic (exact) mass is 418 g/mol. The summed E-state index contributed by atoms with van der Waals surface area (Å²) in [6.45, 7) is 22.0. The fourth-order valence-corrected chi connectivity index (χ4v) is 3.46. The van der Waals surface area contributed by atoms with E-state index in [2.05, 4.69) is 93.6 Å². The normalized spacial score (nSPS) is 13.9. The van der Waals surface area contributed by atoms with Crippen LogP contribution in [-0.2, 0) is 0 Å². The third kappa shape index (κ3) is 5.03. The molecule has 1 rings (SSSR count). The topological polar surface area (TPSA) is 44.2 Å². The van der Waals surface area contributed by atoms with Crippen LogP contribution in [0.1, 0.15) is 41.5 Å². The first-order valence-corrected chi connectivity index (χ1v) is 14.6. The molecule has 0 fully saturated rings. The van der Waals surface area contributed by atoms with Crippen molar-refractivity contribution in [1.82, 2.24) is 9.97 Å². The highest BCUT2D eigenvalue weighted by atomic mass is 79.9. The molecule has 0 N–H and O–H groups in total. The van der Waals surface area contributed by atoms with E-state index >= 15 is 0 Å². The highest BCUT2D eigenvalue weighted by Crippen LogP contribution is 2.40. The first kappa shape index (κ1) is 20.6. The van der Waals surface area contributed by atoms with Gasteiger partial charge in [-0.25, -0.2) is 4.98 Å². The van der Waals surface area contributed by atoms with Crippen molar-refractivity contribution in [2.75, 3.05) is 0 Å². The van der Waals surface area contributed by atoms with Crippen LogP contribution in [0.4, 0.5) is 0 Å². The maximum absolute atomic E-state index is 6.31. The number of aromatic nitrogens is 2. The summed E-state index contributed by atoms with van der Waals surface area (Å²) in [6, 6.07) is 0.411. The van der Waals surface area contributed by atoms with Gasteiger partial charge in [0.05, 0.1) is 10.7 Å². The first-order valence-electron chi connectivity index (χ1n) is 7.97. The fraction of sp³-hybridized carbons (Fsp3) is 0.750. The molecule has 4 nitrogen and oxygen atoms in total. The van der Waals surface area contributed by atoms with Crippen molar-refractivity contribution in [3.8, 4) is 11.9 Å². The second-order valence-electron chi connectivity index (χ2n) is 9.03. The van der Waals surface area contributed by atoms with Crippen LogP contribution in [0.15, 0.2) is 10.7 Å². The molecule has 0 amide bonds. The van der Waals surface area contributed by atoms with E-state index in [1.54, 1.807) is 6.20 Å². The average molecular weight is 420 g/mol. The average Bonchev–Trinajstić information content (AvgIpc) is 2.29. The summed E-state index contributed by atoms with van der Waals surface area (Å²) in [7, 11) is -3.93. The van der Waals surface area contributed by atoms with Gasteiger partial charge in [-0.3, -0.25) is 0 Å². The molecule has 0 saturated carbocycles. The summed E-state index contributed by atoms with van der Waals surface area (Å²) in [6.07, 6.45) is 1.72. The minimum absolute atomic E-state index is 0.101. The molecule has 0 radical (unpaired) electrons. The van der Waals surface area contributed by atoms with Crippen LogP contribution in [0, 0.1) is 0 Å². The molecule has 1 aromatic heterocycles. The second kappa shape index (κ2) is 6.48. The molecule has 0 spiro atoms. The summed E-state index contributed by atoms with van der Waals surface area (Å²) in [5, 5.41) is 0.210. The minimum atomic E-state index is -1.97. The molecule has 0 aromatic carbocycles. The molecule has 7 heteroatoms. The highest BCUT2D eigenvalue weighted by molar-refractivity contribution is 9.10. The van der Waals surface area contributed by atoms with Crippen LogP contribution < -0.4 is 8.85 Å². The van der Waals surface area contributed by atoms with E-state index in [1.165, 1.54) is 0 Å². The number of nitrogens with zero attached hydrogens (tertiary/aromatic N) is 2. The molecule has 0 aliphatic rings. The number of rotatable bonds is 4. The lowest BCUT2D eigenvalue weighted by Gasteiger charge is -2.37. The molecule has 23 heavy (non-hydrogen) atoms. The lowest BCUT2D eigenvalue weighted by atomic mass is 10.2. The molecule has 0 aliphatic carbocycles. The molecule has 0 unspecified atom stereocenters. The van der Waals surface area contributed by atoms with Gasteiger partial charge in [0, 0.05) is 0 Å². The molecular formula is C16H31BrN2O2Si2. The first-order chi connectivity index (χ1) is 10.1. The zero-order valence-electron chi connectivity index (χ0n) is 16.2. The molecule has 132 valence electrons. The van der Waals surface area contributed by atoms with E-state index in [9.17, 15) is 0 Å². The molecule has 1 aromatic rings. The Morgan fingerprint density at radius 1 is 0.870 bits per heavy atom. The van der Waals surface area contributed by atoms with Gasteiger partial charge in [-0.1, -0.05) is 41.5 Å². The second-order valence-corrected chi connectivity index (χ2v) is 19.3. The molecule has 1 heterocycles. The van der Waals surface area contributed by atoms with Crippen LogP contribution >= 0.6 is 15.9 Å². The maximum atomic E-state index is 6.31. The fourth-order valence-electron chi connectivity index (χ4n) is 1.23. The standard InChI is InChI=1S/C16H31BrN2O2Si2/c1-15(2,3)22(7,8)20-13-12(17)11-18-14(19-13)21-23(9,10)16(4,5)6/h11H,1-10H3. The van der Waals surface area contributed by atoms with Gasteiger partial charge in [0.2, 0.25) is 5.88 Å². The molecule has 0 saturated heterocycles. The quantitative estimate of drug-likeness (QED) is 0.561. The smallest absolute Gasteiger partial charge is 0.305 e. The Hall–Kier alpha value is -0.406. The van der Waals surface area contributed by atoms with Crippen molar-refractivity contribution in [2.45, 2.75) is 77.8 Å². The van der Waals surface area contributed by atoms with Gasteiger partial charge >= 0.3 is 6.01 Å². The number of hydrogen-bond acceptors (Lipinski definition) is 4. The van der Waals surface area contributed by atoms with E-state index in [1.807, 2.05) is 0 Å². The third-order valence-corrected chi connectivity index (χ3v) is 14.2. The predicted molar refractivity (Wildman–Crippen MR) is 105 cm³/mol. The van der Waals surface area contributed by atoms with Crippen molar-refractivity contribution in [2.24, 2.45) is 0 Å². The summed E-state index contributed by atoms with van der Waals surface area (Å²) in [4.78, 5) is 8.86. The lowest BCUT2D eigenvalue weighted by Crippen LogP contribution is -2.45. The zero-order valence-corrected chi connectivity index (χ0v) is 19.8. The van der Waals surface area contributed by atoms with Gasteiger partial charge in [0.25, 0.3) is 16.6 Å². The number of hydrogen-bond donors (Lipinski definition) is 0. The minimum Gasteiger partial charge on any atom is -0.530 e. The van der Waals surface area contributed by atoms with Gasteiger partial charge in [0.1, 0.15) is 0 Å². The maximum Gasteiger partial charge on any atom is 0.305 e. The van der Waals surface area contributed by atoms with Crippen molar-refractivity contribution in [1.29, 1.82) is 0 Å². The van der Waals surface area contributed by atoms with Gasteiger partial charge in [0.15, 0.2) is 0 Å². The zero-order chi connectivity index (χ0) is 18.3. The Balaban J connectivity index is 3.10. The van der Waals surface area contributed by atoms with E-state index in [0.717, 1.165) is 4.47 Å². The number of halogens is 1. The SMILES string of the molecule is CC(C)(C)[Si](C)(C)Oc1ncc(Br)c(O[Si](C)(C)C(C)(C)C)n1. The van der Waals surface area contributed by atoms with Crippen molar-refractivity contribution in [3.63, 3.8) is 0 Å². The van der Waals surface area contributed by atoms with Crippen LogP contribution in [0.25, 0.3) is 0 Å². The largest absolute Gasteiger partial charge is 0.530 e. The lowest BCUT2D eigenvalue weighted by molar-refractivity contribution is 0.431. The van der Waals surface area contributed by atoms with Gasteiger partial charge in [-0.15, -0.1) is 0 Å². The van der Waals surface area contributed by atoms with Crippen molar-refractivity contribution in [3.05, 3.63) is 10.7 Å². The van der Waals surface area contributed by atoms with Gasteiger partial charge < -0.3 is 8.85 Å². The highest BCUT2D eigenvalue weighted by Gasteiger charge is 2.41. The van der Waals surface area contributed by atoms with E-state index < -0.39 is 16.6 Å². The summed E-state index contributed by atoms with van der Waals surface area (Å²) >= 11 is 3.50. The van der Waals surface area contributed by atoms with Gasteiger partial charge in [-0.05, 0) is 52.2 Å². The van der Waals surface area contributed by atoms with E-state index in [4.69, 9.17) is 8.85 Å². The molecule has 0 aliphatic heterocycles. The Labute approximate surface area is 151 Å². The van der Waals surface area contributed by atoms with Crippen LogP contribution in [0.2, 0.25) is 36.3 Å². The Morgan fingerprint density at radius 3 is 1.74 bits per heavy atom. The van der Waals surface area contributed by atoms with E-state index in [-0.39, 0.29) is 10.1 Å². The van der Waals surface area contributed by atoms with Crippen molar-refractivity contribution >= 4 is 32.6 Å². The Morgan fingerprint density at radius 2 is 1.30 bits per heavy atom. The Kier molecular flexibility index (Phi) is 5.81. The van der Waals surface area contributed by atoms with Crippen LogP contribution in [0.5, 0.6) is 11.9 Å². The molecule has 0 bridgehead atoms. The van der Waals surface area contributed by atoms with Crippen LogP contribution in [-0.4, -0.2) is 26.6 Å². The molecular weight excluding hydrogens is 388 g/mol. The third-order valence-electron chi connectivity index (χ3n) is 5.00. The van der Waals surface area contributed by atoms with Crippen molar-refractivity contribution < 1.29 is 8.85 Å². The predicted octanol–water partition coefficient (Wildman–Crippen LogP) is 6.01. The summed E-state index contributed by atoms with van der Waals surface area (Å²) in [5.74, 6) is 0.584. The van der Waals surface area contributed by atoms with E-state index in [0.29, 0.717) is 11.9 Å².